The van der Waals surface area contributed by atoms with Crippen molar-refractivity contribution in [2.24, 2.45) is 0 Å². The lowest BCUT2D eigenvalue weighted by Gasteiger charge is -2.33. The van der Waals surface area contributed by atoms with E-state index in [1.54, 1.807) is 0 Å². The minimum absolute atomic E-state index is 0.648. The van der Waals surface area contributed by atoms with Gasteiger partial charge >= 0.3 is 0 Å². The standard InChI is InChI=1S/C50H32N4O/c1-3-14-33(15-4-1)49-41-21-7-9-22-42(41)51-50(52-49)54-43-23-10-8-20-39(43)40-28-26-36(31-46(40)54)34-16-13-17-35(30-34)37-27-29-45-48(32-37)55-47-25-12-11-24-44(47)53(45)38-18-5-2-6-19-38/h1-32H. The van der Waals surface area contributed by atoms with Crippen molar-refractivity contribution in [2.75, 3.05) is 4.90 Å². The Morgan fingerprint density at radius 1 is 0.382 bits per heavy atom. The van der Waals surface area contributed by atoms with E-state index in [2.05, 4.69) is 167 Å². The van der Waals surface area contributed by atoms with Gasteiger partial charge in [0.2, 0.25) is 5.95 Å². The van der Waals surface area contributed by atoms with Crippen molar-refractivity contribution >= 4 is 49.8 Å². The molecule has 258 valence electrons. The Morgan fingerprint density at radius 2 is 1.00 bits per heavy atom. The van der Waals surface area contributed by atoms with Crippen molar-refractivity contribution in [1.82, 2.24) is 14.5 Å². The van der Waals surface area contributed by atoms with Crippen LogP contribution >= 0.6 is 0 Å². The minimum Gasteiger partial charge on any atom is -0.453 e. The number of aromatic nitrogens is 3. The van der Waals surface area contributed by atoms with Crippen LogP contribution < -0.4 is 9.64 Å². The van der Waals surface area contributed by atoms with Gasteiger partial charge in [-0.15, -0.1) is 0 Å². The zero-order chi connectivity index (χ0) is 36.3. The normalized spacial score (nSPS) is 12.1. The maximum atomic E-state index is 6.55. The largest absolute Gasteiger partial charge is 0.453 e. The second-order valence-corrected chi connectivity index (χ2v) is 13.8. The molecule has 0 bridgehead atoms. The molecule has 2 aromatic heterocycles. The van der Waals surface area contributed by atoms with E-state index in [1.165, 1.54) is 0 Å². The summed E-state index contributed by atoms with van der Waals surface area (Å²) in [6, 6.07) is 67.8. The van der Waals surface area contributed by atoms with Gasteiger partial charge in [0.25, 0.3) is 0 Å². The Kier molecular flexibility index (Phi) is 7.10. The van der Waals surface area contributed by atoms with Crippen LogP contribution in [-0.4, -0.2) is 14.5 Å². The monoisotopic (exact) mass is 704 g/mol. The van der Waals surface area contributed by atoms with Crippen LogP contribution in [0.1, 0.15) is 0 Å². The molecule has 11 rings (SSSR count). The van der Waals surface area contributed by atoms with Gasteiger partial charge in [0, 0.05) is 27.4 Å². The number of rotatable bonds is 5. The van der Waals surface area contributed by atoms with Crippen molar-refractivity contribution in [2.45, 2.75) is 0 Å². The molecule has 5 heteroatoms. The van der Waals surface area contributed by atoms with E-state index in [1.807, 2.05) is 36.4 Å². The first-order chi connectivity index (χ1) is 27.3. The summed E-state index contributed by atoms with van der Waals surface area (Å²) in [7, 11) is 0. The zero-order valence-corrected chi connectivity index (χ0v) is 29.7. The summed E-state index contributed by atoms with van der Waals surface area (Å²) in [5.41, 5.74) is 12.6. The fraction of sp³-hybridized carbons (Fsp3) is 0. The summed E-state index contributed by atoms with van der Waals surface area (Å²) in [5.74, 6) is 2.30. The first-order valence-corrected chi connectivity index (χ1v) is 18.5. The number of nitrogens with zero attached hydrogens (tertiary/aromatic N) is 4. The highest BCUT2D eigenvalue weighted by atomic mass is 16.5. The van der Waals surface area contributed by atoms with E-state index in [0.29, 0.717) is 5.95 Å². The summed E-state index contributed by atoms with van der Waals surface area (Å²) in [6.45, 7) is 0. The minimum atomic E-state index is 0.648. The Morgan fingerprint density at radius 3 is 1.85 bits per heavy atom. The van der Waals surface area contributed by atoms with Gasteiger partial charge in [-0.2, -0.15) is 0 Å². The maximum absolute atomic E-state index is 6.55. The lowest BCUT2D eigenvalue weighted by molar-refractivity contribution is 0.477. The molecule has 0 N–H and O–H groups in total. The Balaban J connectivity index is 1.03. The predicted octanol–water partition coefficient (Wildman–Crippen LogP) is 13.3. The molecule has 8 aromatic carbocycles. The number of benzene rings is 8. The van der Waals surface area contributed by atoms with E-state index in [-0.39, 0.29) is 0 Å². The summed E-state index contributed by atoms with van der Waals surface area (Å²) < 4.78 is 8.76. The molecule has 10 aromatic rings. The molecule has 0 atom stereocenters. The summed E-state index contributed by atoms with van der Waals surface area (Å²) in [6.07, 6.45) is 0. The SMILES string of the molecule is c1ccc(-c2nc(-n3c4ccccc4c4ccc(-c5cccc(-c6ccc7c(c6)Oc6ccccc6N7c6ccccc6)c5)cc43)nc3ccccc23)cc1. The van der Waals surface area contributed by atoms with Gasteiger partial charge in [-0.25, -0.2) is 9.97 Å². The van der Waals surface area contributed by atoms with Crippen LogP contribution in [0.2, 0.25) is 0 Å². The van der Waals surface area contributed by atoms with Gasteiger partial charge in [-0.3, -0.25) is 4.57 Å². The third kappa shape index (κ3) is 5.17. The highest BCUT2D eigenvalue weighted by molar-refractivity contribution is 6.10. The van der Waals surface area contributed by atoms with Crippen molar-refractivity contribution < 1.29 is 4.74 Å². The molecule has 55 heavy (non-hydrogen) atoms. The van der Waals surface area contributed by atoms with Crippen LogP contribution in [0.5, 0.6) is 11.5 Å². The van der Waals surface area contributed by atoms with E-state index in [0.717, 1.165) is 94.8 Å². The van der Waals surface area contributed by atoms with Gasteiger partial charge in [-0.05, 0) is 82.9 Å². The van der Waals surface area contributed by atoms with Crippen LogP contribution in [0.4, 0.5) is 17.1 Å². The fourth-order valence-corrected chi connectivity index (χ4v) is 8.02. The summed E-state index contributed by atoms with van der Waals surface area (Å²) >= 11 is 0. The van der Waals surface area contributed by atoms with Crippen molar-refractivity contribution in [3.63, 3.8) is 0 Å². The van der Waals surface area contributed by atoms with Crippen molar-refractivity contribution in [1.29, 1.82) is 0 Å². The van der Waals surface area contributed by atoms with Crippen LogP contribution in [0.3, 0.4) is 0 Å². The third-order valence-corrected chi connectivity index (χ3v) is 10.6. The average molecular weight is 705 g/mol. The lowest BCUT2D eigenvalue weighted by Crippen LogP contribution is -2.15. The quantitative estimate of drug-likeness (QED) is 0.179. The van der Waals surface area contributed by atoms with Gasteiger partial charge in [0.05, 0.1) is 33.6 Å². The van der Waals surface area contributed by atoms with E-state index < -0.39 is 0 Å². The van der Waals surface area contributed by atoms with Crippen LogP contribution in [0.25, 0.3) is 72.2 Å². The van der Waals surface area contributed by atoms with Crippen LogP contribution in [-0.2, 0) is 0 Å². The predicted molar refractivity (Wildman–Crippen MR) is 225 cm³/mol. The molecule has 0 radical (unpaired) electrons. The average Bonchev–Trinajstić information content (AvgIpc) is 3.59. The third-order valence-electron chi connectivity index (χ3n) is 10.6. The van der Waals surface area contributed by atoms with Gasteiger partial charge < -0.3 is 9.64 Å². The zero-order valence-electron chi connectivity index (χ0n) is 29.7. The smallest absolute Gasteiger partial charge is 0.235 e. The highest BCUT2D eigenvalue weighted by Gasteiger charge is 2.26. The maximum Gasteiger partial charge on any atom is 0.235 e. The molecule has 5 nitrogen and oxygen atoms in total. The van der Waals surface area contributed by atoms with Crippen LogP contribution in [0.15, 0.2) is 194 Å². The number of fused-ring (bicyclic) bond motifs is 6. The Labute approximate surface area is 318 Å². The molecule has 0 fully saturated rings. The Bertz CT molecular complexity index is 3080. The highest BCUT2D eigenvalue weighted by Crippen LogP contribution is 2.51. The molecule has 0 saturated heterocycles. The molecule has 0 spiro atoms. The molecule has 0 saturated carbocycles. The molecule has 3 heterocycles. The number of para-hydroxylation sites is 5. The summed E-state index contributed by atoms with van der Waals surface area (Å²) in [5, 5.41) is 3.35. The van der Waals surface area contributed by atoms with Crippen molar-refractivity contribution in [3.8, 4) is 51.0 Å². The van der Waals surface area contributed by atoms with Gasteiger partial charge in [-0.1, -0.05) is 133 Å². The second-order valence-electron chi connectivity index (χ2n) is 13.8. The molecule has 1 aliphatic rings. The van der Waals surface area contributed by atoms with E-state index >= 15 is 0 Å². The first kappa shape index (κ1) is 31.1. The summed E-state index contributed by atoms with van der Waals surface area (Å²) in [4.78, 5) is 12.7. The topological polar surface area (TPSA) is 43.2 Å². The van der Waals surface area contributed by atoms with Gasteiger partial charge in [0.15, 0.2) is 11.5 Å². The lowest BCUT2D eigenvalue weighted by atomic mass is 9.97. The molecule has 0 aliphatic carbocycles. The molecular formula is C50H32N4O. The number of ether oxygens (including phenoxy) is 1. The number of anilines is 3. The fourth-order valence-electron chi connectivity index (χ4n) is 8.02. The first-order valence-electron chi connectivity index (χ1n) is 18.5. The number of hydrogen-bond acceptors (Lipinski definition) is 4. The Hall–Kier alpha value is -7.50. The molecule has 1 aliphatic heterocycles. The number of hydrogen-bond donors (Lipinski definition) is 0. The van der Waals surface area contributed by atoms with E-state index in [4.69, 9.17) is 14.7 Å². The molecule has 0 unspecified atom stereocenters. The van der Waals surface area contributed by atoms with Crippen LogP contribution in [0, 0.1) is 0 Å². The van der Waals surface area contributed by atoms with Gasteiger partial charge in [0.1, 0.15) is 0 Å². The van der Waals surface area contributed by atoms with Crippen molar-refractivity contribution in [3.05, 3.63) is 194 Å². The molecular weight excluding hydrogens is 673 g/mol. The molecule has 0 amide bonds. The second kappa shape index (κ2) is 12.6. The van der Waals surface area contributed by atoms with E-state index in [9.17, 15) is 0 Å².